The molecule has 0 amide bonds. The molecule has 0 saturated heterocycles. The van der Waals surface area contributed by atoms with Gasteiger partial charge in [0.15, 0.2) is 7.41 Å². The fourth-order valence-electron chi connectivity index (χ4n) is 4.92. The highest BCUT2D eigenvalue weighted by Gasteiger charge is 2.53. The highest BCUT2D eigenvalue weighted by Crippen LogP contribution is 2.60. The van der Waals surface area contributed by atoms with Crippen molar-refractivity contribution in [3.63, 3.8) is 0 Å². The molecule has 1 aliphatic rings. The first-order chi connectivity index (χ1) is 13.9. The van der Waals surface area contributed by atoms with E-state index in [-0.39, 0.29) is 0 Å². The first-order valence-corrected chi connectivity index (χ1v) is 12.4. The van der Waals surface area contributed by atoms with Gasteiger partial charge >= 0.3 is 0 Å². The first-order valence-electron chi connectivity index (χ1n) is 10.7. The van der Waals surface area contributed by atoms with Gasteiger partial charge in [0.05, 0.1) is 0 Å². The van der Waals surface area contributed by atoms with Gasteiger partial charge in [0, 0.05) is 12.6 Å². The molecule has 0 aromatic heterocycles. The van der Waals surface area contributed by atoms with Gasteiger partial charge < -0.3 is 0 Å². The molecule has 28 heavy (non-hydrogen) atoms. The number of hydrogen-bond donors (Lipinski definition) is 0. The Morgan fingerprint density at radius 3 is 1.39 bits per heavy atom. The normalized spacial score (nSPS) is 15.6. The Hall–Kier alpha value is -1.95. The van der Waals surface area contributed by atoms with Crippen LogP contribution in [0.4, 0.5) is 0 Å². The van der Waals surface area contributed by atoms with Gasteiger partial charge in [-0.25, -0.2) is 0 Å². The van der Waals surface area contributed by atoms with Gasteiger partial charge in [0.1, 0.15) is 15.9 Å². The molecule has 0 radical (unpaired) electrons. The quantitative estimate of drug-likeness (QED) is 0.501. The molecule has 0 bridgehead atoms. The van der Waals surface area contributed by atoms with Gasteiger partial charge in [-0.15, -0.1) is 0 Å². The minimum atomic E-state index is -1.90. The third-order valence-corrected chi connectivity index (χ3v) is 10.6. The van der Waals surface area contributed by atoms with E-state index >= 15 is 0 Å². The molecule has 144 valence electrons. The maximum atomic E-state index is 2.89. The molecule has 0 aliphatic heterocycles. The van der Waals surface area contributed by atoms with E-state index < -0.39 is 7.41 Å². The molecule has 0 atom stereocenters. The lowest BCUT2D eigenvalue weighted by atomic mass is 9.95. The topological polar surface area (TPSA) is 3.24 Å². The smallest absolute Gasteiger partial charge is 0.163 e. The molecule has 4 rings (SSSR count). The molecule has 0 spiro atoms. The molecular formula is C26H31NP+. The standard InChI is InChI=1S/C26H31NP/c1-2-27(23-15-7-3-8-16-23)28(24-17-9-4-10-18-24,25-19-11-5-12-20-25)26-21-13-6-14-22-26/h4-6,9-14,17-23H,2-3,7-8,15-16H2,1H3/q+1. The second kappa shape index (κ2) is 9.03. The average molecular weight is 389 g/mol. The molecule has 1 saturated carbocycles. The maximum absolute atomic E-state index is 2.89. The van der Waals surface area contributed by atoms with E-state index in [0.29, 0.717) is 6.04 Å². The lowest BCUT2D eigenvalue weighted by Crippen LogP contribution is -2.48. The fraction of sp³-hybridized carbons (Fsp3) is 0.308. The summed E-state index contributed by atoms with van der Waals surface area (Å²) >= 11 is 0. The minimum Gasteiger partial charge on any atom is -0.163 e. The van der Waals surface area contributed by atoms with Gasteiger partial charge in [-0.1, -0.05) is 73.9 Å². The van der Waals surface area contributed by atoms with Crippen molar-refractivity contribution in [3.8, 4) is 0 Å². The van der Waals surface area contributed by atoms with Crippen LogP contribution in [-0.2, 0) is 0 Å². The van der Waals surface area contributed by atoms with E-state index in [4.69, 9.17) is 0 Å². The highest BCUT2D eigenvalue weighted by molar-refractivity contribution is 7.93. The minimum absolute atomic E-state index is 0.660. The van der Waals surface area contributed by atoms with E-state index in [1.165, 1.54) is 48.0 Å². The predicted octanol–water partition coefficient (Wildman–Crippen LogP) is 5.55. The second-order valence-electron chi connectivity index (χ2n) is 7.69. The molecule has 1 nitrogen and oxygen atoms in total. The highest BCUT2D eigenvalue weighted by atomic mass is 31.2. The molecule has 1 fully saturated rings. The summed E-state index contributed by atoms with van der Waals surface area (Å²) in [5, 5.41) is 4.42. The van der Waals surface area contributed by atoms with Crippen molar-refractivity contribution < 1.29 is 0 Å². The van der Waals surface area contributed by atoms with Crippen LogP contribution in [0, 0.1) is 0 Å². The SMILES string of the molecule is CCN(C1CCCCC1)[P+](c1ccccc1)(c1ccccc1)c1ccccc1. The van der Waals surface area contributed by atoms with E-state index in [9.17, 15) is 0 Å². The lowest BCUT2D eigenvalue weighted by Gasteiger charge is -2.42. The Bertz CT molecular complexity index is 745. The number of nitrogens with zero attached hydrogens (tertiary/aromatic N) is 1. The van der Waals surface area contributed by atoms with Crippen LogP contribution in [0.3, 0.4) is 0 Å². The van der Waals surface area contributed by atoms with Gasteiger partial charge in [0.25, 0.3) is 0 Å². The van der Waals surface area contributed by atoms with E-state index in [2.05, 4.69) is 103 Å². The summed E-state index contributed by atoms with van der Waals surface area (Å²) in [7, 11) is -1.90. The Morgan fingerprint density at radius 2 is 1.04 bits per heavy atom. The molecule has 0 heterocycles. The fourth-order valence-corrected chi connectivity index (χ4v) is 9.66. The third kappa shape index (κ3) is 3.54. The van der Waals surface area contributed by atoms with Crippen LogP contribution in [0.15, 0.2) is 91.0 Å². The summed E-state index contributed by atoms with van der Waals surface area (Å²) in [5.74, 6) is 0. The molecule has 1 aliphatic carbocycles. The monoisotopic (exact) mass is 388 g/mol. The molecule has 3 aromatic carbocycles. The molecule has 0 N–H and O–H groups in total. The van der Waals surface area contributed by atoms with E-state index in [1.807, 2.05) is 0 Å². The Labute approximate surface area is 170 Å². The number of benzene rings is 3. The molecule has 3 aromatic rings. The second-order valence-corrected chi connectivity index (χ2v) is 11.0. The van der Waals surface area contributed by atoms with Crippen molar-refractivity contribution in [1.29, 1.82) is 0 Å². The van der Waals surface area contributed by atoms with Crippen LogP contribution < -0.4 is 15.9 Å². The van der Waals surface area contributed by atoms with Crippen molar-refractivity contribution in [3.05, 3.63) is 91.0 Å². The van der Waals surface area contributed by atoms with Gasteiger partial charge in [-0.2, -0.15) is 4.67 Å². The molecule has 0 unspecified atom stereocenters. The summed E-state index contributed by atoms with van der Waals surface area (Å²) in [4.78, 5) is 0. The predicted molar refractivity (Wildman–Crippen MR) is 124 cm³/mol. The zero-order chi connectivity index (χ0) is 19.2. The van der Waals surface area contributed by atoms with Gasteiger partial charge in [-0.05, 0) is 56.2 Å². The summed E-state index contributed by atoms with van der Waals surface area (Å²) in [6.07, 6.45) is 6.75. The number of hydrogen-bond acceptors (Lipinski definition) is 1. The maximum Gasteiger partial charge on any atom is 0.181 e. The molecule has 2 heteroatoms. The Balaban J connectivity index is 2.00. The van der Waals surface area contributed by atoms with Crippen LogP contribution in [0.25, 0.3) is 0 Å². The van der Waals surface area contributed by atoms with E-state index in [0.717, 1.165) is 6.54 Å². The summed E-state index contributed by atoms with van der Waals surface area (Å²) in [6.45, 7) is 3.44. The average Bonchev–Trinajstić information content (AvgIpc) is 2.80. The zero-order valence-corrected chi connectivity index (χ0v) is 17.8. The van der Waals surface area contributed by atoms with Crippen molar-refractivity contribution >= 4 is 23.3 Å². The Morgan fingerprint density at radius 1 is 0.643 bits per heavy atom. The van der Waals surface area contributed by atoms with Crippen LogP contribution >= 0.6 is 7.41 Å². The lowest BCUT2D eigenvalue weighted by molar-refractivity contribution is 0.273. The van der Waals surface area contributed by atoms with E-state index in [1.54, 1.807) is 0 Å². The first kappa shape index (κ1) is 19.4. The van der Waals surface area contributed by atoms with Gasteiger partial charge in [-0.3, -0.25) is 0 Å². The van der Waals surface area contributed by atoms with Gasteiger partial charge in [0.2, 0.25) is 0 Å². The summed E-state index contributed by atoms with van der Waals surface area (Å²) in [6, 6.07) is 34.5. The van der Waals surface area contributed by atoms with Crippen molar-refractivity contribution in [2.45, 2.75) is 45.1 Å². The summed E-state index contributed by atoms with van der Waals surface area (Å²) in [5.41, 5.74) is 0. The number of rotatable bonds is 6. The van der Waals surface area contributed by atoms with Crippen LogP contribution in [0.5, 0.6) is 0 Å². The van der Waals surface area contributed by atoms with Crippen molar-refractivity contribution in [2.75, 3.05) is 6.54 Å². The third-order valence-electron chi connectivity index (χ3n) is 6.10. The molecular weight excluding hydrogens is 357 g/mol. The largest absolute Gasteiger partial charge is 0.181 e. The van der Waals surface area contributed by atoms with Crippen molar-refractivity contribution in [2.24, 2.45) is 0 Å². The van der Waals surface area contributed by atoms with Crippen LogP contribution in [-0.4, -0.2) is 17.3 Å². The summed E-state index contributed by atoms with van der Waals surface area (Å²) < 4.78 is 2.89. The van der Waals surface area contributed by atoms with Crippen molar-refractivity contribution in [1.82, 2.24) is 4.67 Å². The Kier molecular flexibility index (Phi) is 6.25. The van der Waals surface area contributed by atoms with Crippen LogP contribution in [0.1, 0.15) is 39.0 Å². The zero-order valence-electron chi connectivity index (χ0n) is 16.9. The van der Waals surface area contributed by atoms with Crippen LogP contribution in [0.2, 0.25) is 0 Å².